The third kappa shape index (κ3) is 4.49. The van der Waals surface area contributed by atoms with Gasteiger partial charge < -0.3 is 9.53 Å². The Bertz CT molecular complexity index is 253. The SMILES string of the molecule is C=CCC(CO[Si](C)(C)C(C)(C)C)C(=O)O. The minimum atomic E-state index is -1.84. The molecule has 0 amide bonds. The molecule has 0 rings (SSSR count). The highest BCUT2D eigenvalue weighted by Crippen LogP contribution is 2.36. The number of rotatable bonds is 6. The van der Waals surface area contributed by atoms with Crippen molar-refractivity contribution < 1.29 is 14.3 Å². The van der Waals surface area contributed by atoms with Gasteiger partial charge in [0.2, 0.25) is 0 Å². The number of hydrogen-bond donors (Lipinski definition) is 1. The van der Waals surface area contributed by atoms with Crippen molar-refractivity contribution >= 4 is 14.3 Å². The van der Waals surface area contributed by atoms with Crippen LogP contribution in [-0.4, -0.2) is 26.0 Å². The molecule has 94 valence electrons. The fourth-order valence-electron chi connectivity index (χ4n) is 0.967. The second kappa shape index (κ2) is 5.64. The topological polar surface area (TPSA) is 46.5 Å². The summed E-state index contributed by atoms with van der Waals surface area (Å²) in [7, 11) is -1.84. The molecule has 1 unspecified atom stereocenters. The molecule has 0 aliphatic rings. The first kappa shape index (κ1) is 15.4. The Kier molecular flexibility index (Phi) is 5.42. The third-order valence-electron chi connectivity index (χ3n) is 3.25. The van der Waals surface area contributed by atoms with Crippen molar-refractivity contribution in [2.75, 3.05) is 6.61 Å². The van der Waals surface area contributed by atoms with Gasteiger partial charge in [-0.3, -0.25) is 4.79 Å². The predicted octanol–water partition coefficient (Wildman–Crippen LogP) is 3.29. The molecule has 0 aliphatic carbocycles. The number of carboxylic acid groups (broad SMARTS) is 1. The van der Waals surface area contributed by atoms with E-state index in [1.165, 1.54) is 0 Å². The van der Waals surface area contributed by atoms with Crippen LogP contribution in [0.25, 0.3) is 0 Å². The van der Waals surface area contributed by atoms with E-state index in [0.29, 0.717) is 6.42 Å². The van der Waals surface area contributed by atoms with E-state index < -0.39 is 20.2 Å². The van der Waals surface area contributed by atoms with Crippen molar-refractivity contribution in [3.8, 4) is 0 Å². The molecule has 4 heteroatoms. The van der Waals surface area contributed by atoms with Gasteiger partial charge in [0.05, 0.1) is 5.92 Å². The van der Waals surface area contributed by atoms with Crippen LogP contribution >= 0.6 is 0 Å². The summed E-state index contributed by atoms with van der Waals surface area (Å²) in [5.41, 5.74) is 0. The van der Waals surface area contributed by atoms with E-state index in [1.807, 2.05) is 0 Å². The fraction of sp³-hybridized carbons (Fsp3) is 0.750. The summed E-state index contributed by atoms with van der Waals surface area (Å²) in [5, 5.41) is 9.11. The fourth-order valence-corrected chi connectivity index (χ4v) is 2.02. The molecular formula is C12H24O3Si. The molecule has 0 spiro atoms. The lowest BCUT2D eigenvalue weighted by molar-refractivity contribution is -0.142. The first-order valence-corrected chi connectivity index (χ1v) is 8.50. The zero-order valence-corrected chi connectivity index (χ0v) is 12.0. The van der Waals surface area contributed by atoms with Crippen molar-refractivity contribution in [3.05, 3.63) is 12.7 Å². The molecule has 0 bridgehead atoms. The lowest BCUT2D eigenvalue weighted by Gasteiger charge is -2.36. The largest absolute Gasteiger partial charge is 0.481 e. The van der Waals surface area contributed by atoms with E-state index in [4.69, 9.17) is 9.53 Å². The first-order valence-electron chi connectivity index (χ1n) is 5.59. The molecule has 0 saturated heterocycles. The maximum atomic E-state index is 10.9. The third-order valence-corrected chi connectivity index (χ3v) is 7.75. The number of hydrogen-bond acceptors (Lipinski definition) is 2. The van der Waals surface area contributed by atoms with Crippen LogP contribution in [0.2, 0.25) is 18.1 Å². The maximum absolute atomic E-state index is 10.9. The van der Waals surface area contributed by atoms with Gasteiger partial charge in [-0.15, -0.1) is 6.58 Å². The van der Waals surface area contributed by atoms with Crippen molar-refractivity contribution in [2.24, 2.45) is 5.92 Å². The van der Waals surface area contributed by atoms with Crippen LogP contribution in [-0.2, 0) is 9.22 Å². The molecule has 0 aromatic carbocycles. The molecule has 3 nitrogen and oxygen atoms in total. The number of allylic oxidation sites excluding steroid dienone is 1. The molecule has 0 saturated carbocycles. The van der Waals surface area contributed by atoms with Crippen LogP contribution in [0.15, 0.2) is 12.7 Å². The van der Waals surface area contributed by atoms with Gasteiger partial charge in [-0.1, -0.05) is 26.8 Å². The van der Waals surface area contributed by atoms with Gasteiger partial charge in [-0.25, -0.2) is 0 Å². The molecule has 16 heavy (non-hydrogen) atoms. The first-order chi connectivity index (χ1) is 7.12. The average Bonchev–Trinajstić information content (AvgIpc) is 2.09. The summed E-state index contributed by atoms with van der Waals surface area (Å²) in [4.78, 5) is 10.9. The van der Waals surface area contributed by atoms with Crippen LogP contribution in [0.3, 0.4) is 0 Å². The second-order valence-electron chi connectivity index (χ2n) is 5.63. The molecule has 1 atom stereocenters. The van der Waals surface area contributed by atoms with Crippen molar-refractivity contribution in [1.29, 1.82) is 0 Å². The zero-order valence-electron chi connectivity index (χ0n) is 11.0. The minimum absolute atomic E-state index is 0.115. The highest BCUT2D eigenvalue weighted by Gasteiger charge is 2.38. The Morgan fingerprint density at radius 1 is 1.50 bits per heavy atom. The monoisotopic (exact) mass is 244 g/mol. The van der Waals surface area contributed by atoms with E-state index in [9.17, 15) is 4.79 Å². The van der Waals surface area contributed by atoms with E-state index in [0.717, 1.165) is 0 Å². The second-order valence-corrected chi connectivity index (χ2v) is 10.4. The molecule has 0 aromatic rings. The highest BCUT2D eigenvalue weighted by atomic mass is 28.4. The minimum Gasteiger partial charge on any atom is -0.481 e. The van der Waals surface area contributed by atoms with Crippen LogP contribution in [0.4, 0.5) is 0 Å². The van der Waals surface area contributed by atoms with Crippen molar-refractivity contribution in [2.45, 2.75) is 45.3 Å². The van der Waals surface area contributed by atoms with Crippen LogP contribution in [0, 0.1) is 5.92 Å². The van der Waals surface area contributed by atoms with Crippen LogP contribution in [0.5, 0.6) is 0 Å². The summed E-state index contributed by atoms with van der Waals surface area (Å²) >= 11 is 0. The highest BCUT2D eigenvalue weighted by molar-refractivity contribution is 6.74. The van der Waals surface area contributed by atoms with Gasteiger partial charge in [0.15, 0.2) is 8.32 Å². The van der Waals surface area contributed by atoms with Gasteiger partial charge >= 0.3 is 5.97 Å². The van der Waals surface area contributed by atoms with Crippen molar-refractivity contribution in [3.63, 3.8) is 0 Å². The molecular weight excluding hydrogens is 220 g/mol. The molecule has 0 aliphatic heterocycles. The molecule has 0 fully saturated rings. The normalized spacial score (nSPS) is 14.6. The lowest BCUT2D eigenvalue weighted by atomic mass is 10.1. The Balaban J connectivity index is 4.41. The number of aliphatic carboxylic acids is 1. The van der Waals surface area contributed by atoms with E-state index >= 15 is 0 Å². The van der Waals surface area contributed by atoms with Gasteiger partial charge in [-0.2, -0.15) is 0 Å². The zero-order chi connectivity index (χ0) is 13.0. The van der Waals surface area contributed by atoms with E-state index in [2.05, 4.69) is 40.4 Å². The summed E-state index contributed by atoms with van der Waals surface area (Å²) in [6, 6.07) is 0. The summed E-state index contributed by atoms with van der Waals surface area (Å²) in [6.45, 7) is 14.5. The van der Waals surface area contributed by atoms with Gasteiger partial charge in [0, 0.05) is 6.61 Å². The number of carbonyl (C=O) groups is 1. The average molecular weight is 244 g/mol. The Morgan fingerprint density at radius 3 is 2.31 bits per heavy atom. The predicted molar refractivity (Wildman–Crippen MR) is 69.1 cm³/mol. The molecule has 1 N–H and O–H groups in total. The van der Waals surface area contributed by atoms with Gasteiger partial charge in [-0.05, 0) is 24.6 Å². The summed E-state index contributed by atoms with van der Waals surface area (Å²) < 4.78 is 5.88. The Hall–Kier alpha value is -0.613. The Labute approximate surface area is 99.6 Å². The number of carboxylic acids is 1. The molecule has 0 aromatic heterocycles. The summed E-state index contributed by atoms with van der Waals surface area (Å²) in [6.07, 6.45) is 2.09. The quantitative estimate of drug-likeness (QED) is 0.576. The Morgan fingerprint density at radius 2 is 2.00 bits per heavy atom. The van der Waals surface area contributed by atoms with E-state index in [-0.39, 0.29) is 11.6 Å². The van der Waals surface area contributed by atoms with Crippen LogP contribution in [0.1, 0.15) is 27.2 Å². The van der Waals surface area contributed by atoms with Gasteiger partial charge in [0.1, 0.15) is 0 Å². The molecule has 0 radical (unpaired) electrons. The van der Waals surface area contributed by atoms with Crippen LogP contribution < -0.4 is 0 Å². The lowest BCUT2D eigenvalue weighted by Crippen LogP contribution is -2.42. The molecule has 0 heterocycles. The smallest absolute Gasteiger partial charge is 0.309 e. The van der Waals surface area contributed by atoms with Crippen molar-refractivity contribution in [1.82, 2.24) is 0 Å². The standard InChI is InChI=1S/C12H24O3Si/c1-7-8-10(11(13)14)9-15-16(5,6)12(2,3)4/h7,10H,1,8-9H2,2-6H3,(H,13,14). The van der Waals surface area contributed by atoms with Gasteiger partial charge in [0.25, 0.3) is 0 Å². The maximum Gasteiger partial charge on any atom is 0.309 e. The summed E-state index contributed by atoms with van der Waals surface area (Å²) in [5.74, 6) is -1.27. The van der Waals surface area contributed by atoms with E-state index in [1.54, 1.807) is 6.08 Å².